The number of nitrogens with zero attached hydrogens (tertiary/aromatic N) is 2. The van der Waals surface area contributed by atoms with Gasteiger partial charge in [0.25, 0.3) is 6.43 Å². The second-order valence-corrected chi connectivity index (χ2v) is 5.46. The molecular formula is C16H21F2N3. The van der Waals surface area contributed by atoms with Gasteiger partial charge in [0.1, 0.15) is 5.82 Å². The molecule has 2 rings (SSSR count). The molecule has 3 nitrogen and oxygen atoms in total. The van der Waals surface area contributed by atoms with Crippen molar-refractivity contribution >= 4 is 16.7 Å². The fourth-order valence-corrected chi connectivity index (χ4v) is 2.19. The van der Waals surface area contributed by atoms with Crippen LogP contribution in [0.3, 0.4) is 0 Å². The third-order valence-electron chi connectivity index (χ3n) is 3.29. The van der Waals surface area contributed by atoms with Crippen molar-refractivity contribution in [2.45, 2.75) is 32.9 Å². The first kappa shape index (κ1) is 15.6. The van der Waals surface area contributed by atoms with Gasteiger partial charge in [0.05, 0.1) is 12.1 Å². The summed E-state index contributed by atoms with van der Waals surface area (Å²) in [5, 5.41) is 4.42. The summed E-state index contributed by atoms with van der Waals surface area (Å²) < 4.78 is 25.1. The van der Waals surface area contributed by atoms with Crippen LogP contribution in [0.25, 0.3) is 10.9 Å². The molecule has 0 atom stereocenters. The minimum absolute atomic E-state index is 0.317. The Balaban J connectivity index is 2.39. The Morgan fingerprint density at radius 2 is 1.95 bits per heavy atom. The van der Waals surface area contributed by atoms with Crippen LogP contribution in [-0.4, -0.2) is 31.0 Å². The SMILES string of the molecule is CC(C)NCc1cc(N(C)CC(F)F)nc2ccccc12. The number of benzene rings is 1. The average Bonchev–Trinajstić information content (AvgIpc) is 2.43. The van der Waals surface area contributed by atoms with Crippen LogP contribution in [-0.2, 0) is 6.54 Å². The second-order valence-electron chi connectivity index (χ2n) is 5.46. The van der Waals surface area contributed by atoms with Crippen molar-refractivity contribution in [3.8, 4) is 0 Å². The Kier molecular flexibility index (Phi) is 5.07. The number of nitrogens with one attached hydrogen (secondary N) is 1. The van der Waals surface area contributed by atoms with Gasteiger partial charge in [-0.25, -0.2) is 13.8 Å². The van der Waals surface area contributed by atoms with E-state index in [0.29, 0.717) is 18.4 Å². The summed E-state index contributed by atoms with van der Waals surface area (Å²) in [4.78, 5) is 5.98. The third kappa shape index (κ3) is 4.11. The molecule has 1 aromatic heterocycles. The highest BCUT2D eigenvalue weighted by molar-refractivity contribution is 5.84. The maximum atomic E-state index is 12.6. The van der Waals surface area contributed by atoms with Crippen LogP contribution < -0.4 is 10.2 Å². The lowest BCUT2D eigenvalue weighted by Gasteiger charge is -2.20. The number of hydrogen-bond donors (Lipinski definition) is 1. The van der Waals surface area contributed by atoms with E-state index in [9.17, 15) is 8.78 Å². The van der Waals surface area contributed by atoms with Gasteiger partial charge in [0.2, 0.25) is 0 Å². The van der Waals surface area contributed by atoms with Crippen LogP contribution >= 0.6 is 0 Å². The quantitative estimate of drug-likeness (QED) is 0.884. The van der Waals surface area contributed by atoms with Crippen molar-refractivity contribution in [2.24, 2.45) is 0 Å². The number of pyridine rings is 1. The van der Waals surface area contributed by atoms with Crippen LogP contribution in [0.1, 0.15) is 19.4 Å². The molecule has 0 unspecified atom stereocenters. The van der Waals surface area contributed by atoms with E-state index in [1.54, 1.807) is 7.05 Å². The Labute approximate surface area is 124 Å². The second kappa shape index (κ2) is 6.80. The molecule has 0 aliphatic carbocycles. The van der Waals surface area contributed by atoms with E-state index in [2.05, 4.69) is 24.1 Å². The lowest BCUT2D eigenvalue weighted by molar-refractivity contribution is 0.156. The zero-order valence-electron chi connectivity index (χ0n) is 12.6. The highest BCUT2D eigenvalue weighted by Gasteiger charge is 2.12. The minimum Gasteiger partial charge on any atom is -0.354 e. The Bertz CT molecular complexity index is 599. The first-order valence-electron chi connectivity index (χ1n) is 7.08. The van der Waals surface area contributed by atoms with E-state index in [4.69, 9.17) is 0 Å². The average molecular weight is 293 g/mol. The molecule has 0 saturated carbocycles. The molecule has 0 saturated heterocycles. The summed E-state index contributed by atoms with van der Waals surface area (Å²) in [7, 11) is 1.64. The van der Waals surface area contributed by atoms with Crippen LogP contribution in [0.5, 0.6) is 0 Å². The van der Waals surface area contributed by atoms with Gasteiger partial charge in [-0.2, -0.15) is 0 Å². The number of fused-ring (bicyclic) bond motifs is 1. The van der Waals surface area contributed by atoms with Gasteiger partial charge in [-0.1, -0.05) is 32.0 Å². The van der Waals surface area contributed by atoms with Crippen molar-refractivity contribution in [2.75, 3.05) is 18.5 Å². The van der Waals surface area contributed by atoms with Gasteiger partial charge >= 0.3 is 0 Å². The van der Waals surface area contributed by atoms with E-state index in [0.717, 1.165) is 16.5 Å². The van der Waals surface area contributed by atoms with E-state index in [1.165, 1.54) is 4.90 Å². The van der Waals surface area contributed by atoms with Gasteiger partial charge in [-0.3, -0.25) is 0 Å². The first-order chi connectivity index (χ1) is 9.97. The van der Waals surface area contributed by atoms with Crippen molar-refractivity contribution in [1.82, 2.24) is 10.3 Å². The highest BCUT2D eigenvalue weighted by Crippen LogP contribution is 2.23. The fraction of sp³-hybridized carbons (Fsp3) is 0.438. The molecule has 0 aliphatic rings. The maximum absolute atomic E-state index is 12.6. The van der Waals surface area contributed by atoms with E-state index in [-0.39, 0.29) is 6.54 Å². The number of aromatic nitrogens is 1. The maximum Gasteiger partial charge on any atom is 0.255 e. The summed E-state index contributed by atoms with van der Waals surface area (Å²) in [6, 6.07) is 10.0. The molecule has 0 radical (unpaired) electrons. The molecule has 0 aliphatic heterocycles. The minimum atomic E-state index is -2.37. The molecule has 2 aromatic rings. The van der Waals surface area contributed by atoms with E-state index in [1.807, 2.05) is 30.3 Å². The van der Waals surface area contributed by atoms with Crippen molar-refractivity contribution in [3.05, 3.63) is 35.9 Å². The first-order valence-corrected chi connectivity index (χ1v) is 7.08. The number of hydrogen-bond acceptors (Lipinski definition) is 3. The van der Waals surface area contributed by atoms with Gasteiger partial charge < -0.3 is 10.2 Å². The van der Waals surface area contributed by atoms with Gasteiger partial charge in [-0.15, -0.1) is 0 Å². The van der Waals surface area contributed by atoms with Crippen molar-refractivity contribution in [3.63, 3.8) is 0 Å². The summed E-state index contributed by atoms with van der Waals surface area (Å²) in [6.45, 7) is 4.53. The zero-order valence-corrected chi connectivity index (χ0v) is 12.6. The van der Waals surface area contributed by atoms with Crippen molar-refractivity contribution in [1.29, 1.82) is 0 Å². The van der Waals surface area contributed by atoms with E-state index < -0.39 is 6.43 Å². The lowest BCUT2D eigenvalue weighted by atomic mass is 10.1. The normalized spacial score (nSPS) is 11.6. The monoisotopic (exact) mass is 293 g/mol. The van der Waals surface area contributed by atoms with Gasteiger partial charge in [-0.05, 0) is 17.7 Å². The standard InChI is InChI=1S/C16H21F2N3/c1-11(2)19-9-12-8-16(21(3)10-15(17)18)20-14-7-5-4-6-13(12)14/h4-8,11,15,19H,9-10H2,1-3H3. The van der Waals surface area contributed by atoms with Crippen LogP contribution in [0.2, 0.25) is 0 Å². The predicted octanol–water partition coefficient (Wildman–Crippen LogP) is 3.43. The van der Waals surface area contributed by atoms with E-state index >= 15 is 0 Å². The van der Waals surface area contributed by atoms with Gasteiger partial charge in [0.15, 0.2) is 0 Å². The number of alkyl halides is 2. The molecule has 1 N–H and O–H groups in total. The number of anilines is 1. The zero-order chi connectivity index (χ0) is 15.4. The molecule has 0 amide bonds. The summed E-state index contributed by atoms with van der Waals surface area (Å²) in [5.74, 6) is 0.578. The molecule has 1 heterocycles. The summed E-state index contributed by atoms with van der Waals surface area (Å²) in [5.41, 5.74) is 1.90. The molecular weight excluding hydrogens is 272 g/mol. The van der Waals surface area contributed by atoms with Crippen molar-refractivity contribution < 1.29 is 8.78 Å². The Morgan fingerprint density at radius 3 is 2.62 bits per heavy atom. The van der Waals surface area contributed by atoms with Crippen LogP contribution in [0.4, 0.5) is 14.6 Å². The van der Waals surface area contributed by atoms with Crippen LogP contribution in [0, 0.1) is 0 Å². The fourth-order valence-electron chi connectivity index (χ4n) is 2.19. The molecule has 5 heteroatoms. The number of rotatable bonds is 6. The number of halogens is 2. The molecule has 0 spiro atoms. The smallest absolute Gasteiger partial charge is 0.255 e. The molecule has 0 bridgehead atoms. The Morgan fingerprint density at radius 1 is 1.24 bits per heavy atom. The number of para-hydroxylation sites is 1. The van der Waals surface area contributed by atoms with Gasteiger partial charge in [0, 0.05) is 25.0 Å². The summed E-state index contributed by atoms with van der Waals surface area (Å²) >= 11 is 0. The third-order valence-corrected chi connectivity index (χ3v) is 3.29. The largest absolute Gasteiger partial charge is 0.354 e. The Hall–Kier alpha value is -1.75. The molecule has 114 valence electrons. The highest BCUT2D eigenvalue weighted by atomic mass is 19.3. The predicted molar refractivity (Wildman–Crippen MR) is 83.0 cm³/mol. The lowest BCUT2D eigenvalue weighted by Crippen LogP contribution is -2.26. The molecule has 21 heavy (non-hydrogen) atoms. The molecule has 0 fully saturated rings. The topological polar surface area (TPSA) is 28.2 Å². The van der Waals surface area contributed by atoms with Crippen LogP contribution in [0.15, 0.2) is 30.3 Å². The summed E-state index contributed by atoms with van der Waals surface area (Å²) in [6.07, 6.45) is -2.37. The molecule has 1 aromatic carbocycles.